The van der Waals surface area contributed by atoms with Gasteiger partial charge in [-0.2, -0.15) is 0 Å². The Bertz CT molecular complexity index is 865. The van der Waals surface area contributed by atoms with E-state index in [0.29, 0.717) is 6.42 Å². The maximum absolute atomic E-state index is 12.7. The summed E-state index contributed by atoms with van der Waals surface area (Å²) in [5.74, 6) is -0.557. The van der Waals surface area contributed by atoms with Crippen molar-refractivity contribution >= 4 is 37.4 Å². The third-order valence-corrected chi connectivity index (χ3v) is 7.91. The predicted molar refractivity (Wildman–Crippen MR) is 91.5 cm³/mol. The largest absolute Gasteiger partial charge is 0.338 e. The Morgan fingerprint density at radius 3 is 2.38 bits per heavy atom. The van der Waals surface area contributed by atoms with Gasteiger partial charge in [0.25, 0.3) is 5.91 Å². The van der Waals surface area contributed by atoms with Gasteiger partial charge in [0.2, 0.25) is 10.0 Å². The van der Waals surface area contributed by atoms with Crippen LogP contribution in [0.5, 0.6) is 0 Å². The minimum absolute atomic E-state index is 0.0337. The molecule has 1 aromatic carbocycles. The lowest BCUT2D eigenvalue weighted by Gasteiger charge is -2.24. The number of nitrogens with zero attached hydrogens (tertiary/aromatic N) is 2. The molecule has 7 nitrogen and oxygen atoms in total. The zero-order chi connectivity index (χ0) is 18.3. The smallest absolute Gasteiger partial charge is 0.255 e. The first kappa shape index (κ1) is 19.2. The molecule has 0 spiro atoms. The Morgan fingerprint density at radius 2 is 1.88 bits per heavy atom. The summed E-state index contributed by atoms with van der Waals surface area (Å²) in [5, 5.41) is 0.116. The van der Waals surface area contributed by atoms with E-state index in [-0.39, 0.29) is 27.0 Å². The molecule has 0 aliphatic carbocycles. The van der Waals surface area contributed by atoms with Gasteiger partial charge < -0.3 is 4.90 Å². The molecule has 0 bridgehead atoms. The summed E-state index contributed by atoms with van der Waals surface area (Å²) < 4.78 is 48.6. The zero-order valence-electron chi connectivity index (χ0n) is 13.6. The number of amides is 1. The van der Waals surface area contributed by atoms with Crippen LogP contribution in [0.1, 0.15) is 16.8 Å². The van der Waals surface area contributed by atoms with Gasteiger partial charge in [0, 0.05) is 27.2 Å². The topological polar surface area (TPSA) is 91.8 Å². The monoisotopic (exact) mass is 394 g/mol. The third kappa shape index (κ3) is 3.74. The van der Waals surface area contributed by atoms with Crippen LogP contribution < -0.4 is 0 Å². The fourth-order valence-electron chi connectivity index (χ4n) is 2.48. The second-order valence-electron chi connectivity index (χ2n) is 5.90. The Balaban J connectivity index is 2.36. The summed E-state index contributed by atoms with van der Waals surface area (Å²) in [4.78, 5) is 13.9. The number of sulfone groups is 1. The molecule has 0 N–H and O–H groups in total. The summed E-state index contributed by atoms with van der Waals surface area (Å²) in [6.07, 6.45) is 0.359. The van der Waals surface area contributed by atoms with Crippen LogP contribution in [0.2, 0.25) is 5.02 Å². The summed E-state index contributed by atoms with van der Waals surface area (Å²) in [7, 11) is -2.57. The van der Waals surface area contributed by atoms with Gasteiger partial charge in [0.15, 0.2) is 9.84 Å². The molecule has 1 heterocycles. The van der Waals surface area contributed by atoms with Crippen molar-refractivity contribution in [3.8, 4) is 0 Å². The van der Waals surface area contributed by atoms with E-state index in [1.807, 2.05) is 0 Å². The highest BCUT2D eigenvalue weighted by Gasteiger charge is 2.34. The predicted octanol–water partition coefficient (Wildman–Crippen LogP) is 0.849. The summed E-state index contributed by atoms with van der Waals surface area (Å²) >= 11 is 6.05. The number of hydrogen-bond donors (Lipinski definition) is 0. The molecule has 1 fully saturated rings. The van der Waals surface area contributed by atoms with Gasteiger partial charge in [0.05, 0.1) is 27.0 Å². The average Bonchev–Trinajstić information content (AvgIpc) is 2.86. The number of rotatable bonds is 4. The van der Waals surface area contributed by atoms with Crippen molar-refractivity contribution in [2.24, 2.45) is 0 Å². The third-order valence-electron chi connectivity index (χ3n) is 4.02. The molecular formula is C14H19ClN2O5S2. The van der Waals surface area contributed by atoms with Crippen LogP contribution in [0.25, 0.3) is 0 Å². The lowest BCUT2D eigenvalue weighted by atomic mass is 10.1. The van der Waals surface area contributed by atoms with E-state index in [0.717, 1.165) is 4.31 Å². The molecule has 1 aromatic rings. The molecule has 0 aromatic heterocycles. The van der Waals surface area contributed by atoms with E-state index in [9.17, 15) is 21.6 Å². The lowest BCUT2D eigenvalue weighted by Crippen LogP contribution is -2.38. The normalized spacial score (nSPS) is 20.3. The molecule has 134 valence electrons. The lowest BCUT2D eigenvalue weighted by molar-refractivity contribution is 0.0747. The van der Waals surface area contributed by atoms with Crippen LogP contribution in [0.3, 0.4) is 0 Å². The molecule has 1 aliphatic rings. The van der Waals surface area contributed by atoms with Gasteiger partial charge in [-0.05, 0) is 24.6 Å². The van der Waals surface area contributed by atoms with E-state index >= 15 is 0 Å². The van der Waals surface area contributed by atoms with Crippen LogP contribution in [0.4, 0.5) is 0 Å². The van der Waals surface area contributed by atoms with Gasteiger partial charge in [-0.3, -0.25) is 4.79 Å². The minimum Gasteiger partial charge on any atom is -0.338 e. The molecule has 1 saturated heterocycles. The van der Waals surface area contributed by atoms with Crippen molar-refractivity contribution in [3.63, 3.8) is 0 Å². The molecule has 1 amide bonds. The number of sulfonamides is 1. The minimum atomic E-state index is -3.70. The Morgan fingerprint density at radius 1 is 1.25 bits per heavy atom. The van der Waals surface area contributed by atoms with Crippen molar-refractivity contribution in [2.45, 2.75) is 17.4 Å². The fraction of sp³-hybridized carbons (Fsp3) is 0.500. The second kappa shape index (κ2) is 6.62. The molecule has 10 heteroatoms. The summed E-state index contributed by atoms with van der Waals surface area (Å²) in [5.41, 5.74) is 0.0337. The van der Waals surface area contributed by atoms with Crippen molar-refractivity contribution in [1.29, 1.82) is 0 Å². The van der Waals surface area contributed by atoms with E-state index in [2.05, 4.69) is 0 Å². The van der Waals surface area contributed by atoms with Crippen LogP contribution in [-0.2, 0) is 19.9 Å². The van der Waals surface area contributed by atoms with Crippen LogP contribution >= 0.6 is 11.6 Å². The van der Waals surface area contributed by atoms with Crippen LogP contribution in [0, 0.1) is 0 Å². The Kier molecular flexibility index (Phi) is 5.29. The van der Waals surface area contributed by atoms with Gasteiger partial charge in [0.1, 0.15) is 0 Å². The first-order chi connectivity index (χ1) is 11.0. The molecule has 1 aliphatic heterocycles. The first-order valence-electron chi connectivity index (χ1n) is 7.15. The van der Waals surface area contributed by atoms with Crippen molar-refractivity contribution in [3.05, 3.63) is 28.8 Å². The van der Waals surface area contributed by atoms with E-state index < -0.39 is 31.8 Å². The second-order valence-corrected chi connectivity index (χ2v) is 10.7. The number of carbonyl (C=O) groups excluding carboxylic acids is 1. The first-order valence-corrected chi connectivity index (χ1v) is 10.8. The number of hydrogen-bond acceptors (Lipinski definition) is 5. The molecule has 0 saturated carbocycles. The SMILES string of the molecule is CN(C(=O)c1cc(S(=O)(=O)N(C)C)ccc1Cl)[C@@H]1CCS(=O)(=O)C1. The molecular weight excluding hydrogens is 376 g/mol. The van der Waals surface area contributed by atoms with Gasteiger partial charge in [-0.1, -0.05) is 11.6 Å². The highest BCUT2D eigenvalue weighted by atomic mass is 35.5. The van der Waals surface area contributed by atoms with E-state index in [1.165, 1.54) is 44.2 Å². The number of benzene rings is 1. The van der Waals surface area contributed by atoms with Gasteiger partial charge in [-0.15, -0.1) is 0 Å². The summed E-state index contributed by atoms with van der Waals surface area (Å²) in [6, 6.07) is 3.46. The van der Waals surface area contributed by atoms with Crippen molar-refractivity contribution < 1.29 is 21.6 Å². The maximum atomic E-state index is 12.7. The van der Waals surface area contributed by atoms with Gasteiger partial charge >= 0.3 is 0 Å². The average molecular weight is 395 g/mol. The quantitative estimate of drug-likeness (QED) is 0.754. The maximum Gasteiger partial charge on any atom is 0.255 e. The van der Waals surface area contributed by atoms with Crippen LogP contribution in [0.15, 0.2) is 23.1 Å². The van der Waals surface area contributed by atoms with Crippen molar-refractivity contribution in [2.75, 3.05) is 32.6 Å². The summed E-state index contributed by atoms with van der Waals surface area (Å²) in [6.45, 7) is 0. The zero-order valence-corrected chi connectivity index (χ0v) is 15.9. The van der Waals surface area contributed by atoms with E-state index in [1.54, 1.807) is 0 Å². The highest BCUT2D eigenvalue weighted by molar-refractivity contribution is 7.91. The van der Waals surface area contributed by atoms with Crippen molar-refractivity contribution in [1.82, 2.24) is 9.21 Å². The molecule has 0 radical (unpaired) electrons. The molecule has 0 unspecified atom stereocenters. The molecule has 2 rings (SSSR count). The molecule has 24 heavy (non-hydrogen) atoms. The Labute approximate surface area is 147 Å². The fourth-order valence-corrected chi connectivity index (χ4v) is 5.38. The van der Waals surface area contributed by atoms with Crippen LogP contribution in [-0.4, -0.2) is 70.6 Å². The van der Waals surface area contributed by atoms with E-state index in [4.69, 9.17) is 11.6 Å². The molecule has 1 atom stereocenters. The standard InChI is InChI=1S/C14H19ClN2O5S2/c1-16(2)24(21,22)11-4-5-13(15)12(8-11)14(18)17(3)10-6-7-23(19,20)9-10/h4-5,8,10H,6-7,9H2,1-3H3/t10-/m1/s1. The highest BCUT2D eigenvalue weighted by Crippen LogP contribution is 2.25. The number of halogens is 1. The van der Waals surface area contributed by atoms with Gasteiger partial charge in [-0.25, -0.2) is 21.1 Å². The Hall–Kier alpha value is -1.16. The number of carbonyl (C=O) groups is 1.